The Morgan fingerprint density at radius 3 is 2.45 bits per heavy atom. The molecule has 0 bridgehead atoms. The van der Waals surface area contributed by atoms with Crippen molar-refractivity contribution in [3.63, 3.8) is 0 Å². The third kappa shape index (κ3) is 3.32. The molecule has 1 saturated heterocycles. The Bertz CT molecular complexity index is 349. The minimum Gasteiger partial charge on any atom is -0.381 e. The summed E-state index contributed by atoms with van der Waals surface area (Å²) in [5.41, 5.74) is 5.09. The van der Waals surface area contributed by atoms with Crippen LogP contribution < -0.4 is 11.1 Å². The SMILES string of the molecule is NC(=O)C(COCC1CCOCC1)(NC1CC1)C1CC1. The lowest BCUT2D eigenvalue weighted by atomic mass is 9.92. The largest absolute Gasteiger partial charge is 0.381 e. The fourth-order valence-corrected chi connectivity index (χ4v) is 3.09. The minimum atomic E-state index is -0.619. The molecule has 1 amide bonds. The van der Waals surface area contributed by atoms with E-state index >= 15 is 0 Å². The van der Waals surface area contributed by atoms with Crippen molar-refractivity contribution >= 4 is 5.91 Å². The lowest BCUT2D eigenvalue weighted by Gasteiger charge is -2.33. The first kappa shape index (κ1) is 14.3. The van der Waals surface area contributed by atoms with E-state index in [1.54, 1.807) is 0 Å². The van der Waals surface area contributed by atoms with Crippen molar-refractivity contribution in [1.29, 1.82) is 0 Å². The zero-order chi connectivity index (χ0) is 14.0. The van der Waals surface area contributed by atoms with Crippen molar-refractivity contribution in [1.82, 2.24) is 5.32 Å². The van der Waals surface area contributed by atoms with Gasteiger partial charge in [-0.25, -0.2) is 0 Å². The van der Waals surface area contributed by atoms with E-state index in [2.05, 4.69) is 5.32 Å². The zero-order valence-corrected chi connectivity index (χ0v) is 12.1. The standard InChI is InChI=1S/C15H26N2O3/c16-14(18)15(12-1-2-12,17-13-3-4-13)10-20-9-11-5-7-19-8-6-11/h11-13,17H,1-10H2,(H2,16,18). The minimum absolute atomic E-state index is 0.237. The van der Waals surface area contributed by atoms with E-state index < -0.39 is 5.54 Å². The van der Waals surface area contributed by atoms with Gasteiger partial charge in [-0.15, -0.1) is 0 Å². The first-order valence-electron chi connectivity index (χ1n) is 7.94. The highest BCUT2D eigenvalue weighted by Gasteiger charge is 2.52. The molecule has 0 spiro atoms. The summed E-state index contributed by atoms with van der Waals surface area (Å²) < 4.78 is 11.3. The van der Waals surface area contributed by atoms with Gasteiger partial charge in [-0.2, -0.15) is 0 Å². The number of hydrogen-bond acceptors (Lipinski definition) is 4. The number of carbonyl (C=O) groups excluding carboxylic acids is 1. The average Bonchev–Trinajstić information content (AvgIpc) is 3.31. The Morgan fingerprint density at radius 2 is 1.90 bits per heavy atom. The van der Waals surface area contributed by atoms with Crippen LogP contribution in [0, 0.1) is 11.8 Å². The second kappa shape index (κ2) is 6.00. The van der Waals surface area contributed by atoms with Crippen LogP contribution >= 0.6 is 0 Å². The Morgan fingerprint density at radius 1 is 1.20 bits per heavy atom. The van der Waals surface area contributed by atoms with Crippen LogP contribution in [0.1, 0.15) is 38.5 Å². The summed E-state index contributed by atoms with van der Waals surface area (Å²) in [7, 11) is 0. The molecule has 3 rings (SSSR count). The molecule has 1 unspecified atom stereocenters. The molecule has 3 N–H and O–H groups in total. The molecule has 0 radical (unpaired) electrons. The first-order chi connectivity index (χ1) is 9.71. The van der Waals surface area contributed by atoms with E-state index in [0.29, 0.717) is 24.5 Å². The second-order valence-corrected chi connectivity index (χ2v) is 6.60. The van der Waals surface area contributed by atoms with Gasteiger partial charge < -0.3 is 15.2 Å². The summed E-state index contributed by atoms with van der Waals surface area (Å²) in [5.74, 6) is 0.698. The Kier molecular flexibility index (Phi) is 4.29. The van der Waals surface area contributed by atoms with Gasteiger partial charge >= 0.3 is 0 Å². The summed E-state index contributed by atoms with van der Waals surface area (Å²) >= 11 is 0. The molecule has 0 aromatic carbocycles. The molecule has 3 aliphatic rings. The van der Waals surface area contributed by atoms with Crippen LogP contribution in [-0.4, -0.2) is 43.9 Å². The molecule has 0 aromatic heterocycles. The fourth-order valence-electron chi connectivity index (χ4n) is 3.09. The summed E-state index contributed by atoms with van der Waals surface area (Å²) in [6.45, 7) is 2.81. The number of nitrogens with one attached hydrogen (secondary N) is 1. The first-order valence-corrected chi connectivity index (χ1v) is 7.94. The smallest absolute Gasteiger partial charge is 0.240 e. The highest BCUT2D eigenvalue weighted by Crippen LogP contribution is 2.41. The predicted octanol–water partition coefficient (Wildman–Crippen LogP) is 0.816. The molecule has 2 aliphatic carbocycles. The number of rotatable bonds is 8. The zero-order valence-electron chi connectivity index (χ0n) is 12.1. The molecule has 0 aromatic rings. The number of nitrogens with two attached hydrogens (primary N) is 1. The van der Waals surface area contributed by atoms with E-state index in [1.807, 2.05) is 0 Å². The average molecular weight is 282 g/mol. The lowest BCUT2D eigenvalue weighted by molar-refractivity contribution is -0.129. The van der Waals surface area contributed by atoms with Gasteiger partial charge in [0, 0.05) is 25.9 Å². The molecule has 1 atom stereocenters. The summed E-state index contributed by atoms with van der Waals surface area (Å²) in [6, 6.07) is 0.467. The van der Waals surface area contributed by atoms with Crippen LogP contribution in [0.4, 0.5) is 0 Å². The molecule has 20 heavy (non-hydrogen) atoms. The van der Waals surface area contributed by atoms with Crippen molar-refractivity contribution in [2.75, 3.05) is 26.4 Å². The number of carbonyl (C=O) groups is 1. The van der Waals surface area contributed by atoms with Gasteiger partial charge in [-0.05, 0) is 50.4 Å². The summed E-state index contributed by atoms with van der Waals surface area (Å²) in [6.07, 6.45) is 6.60. The highest BCUT2D eigenvalue weighted by atomic mass is 16.5. The molecular formula is C15H26N2O3. The maximum absolute atomic E-state index is 12.0. The maximum atomic E-state index is 12.0. The van der Waals surface area contributed by atoms with Gasteiger partial charge in [0.05, 0.1) is 6.61 Å². The third-order valence-corrected chi connectivity index (χ3v) is 4.78. The van der Waals surface area contributed by atoms with E-state index in [0.717, 1.165) is 58.3 Å². The maximum Gasteiger partial charge on any atom is 0.240 e. The van der Waals surface area contributed by atoms with E-state index in [4.69, 9.17) is 15.2 Å². The Labute approximate surface area is 120 Å². The van der Waals surface area contributed by atoms with Gasteiger partial charge in [0.25, 0.3) is 0 Å². The number of ether oxygens (including phenoxy) is 2. The van der Waals surface area contributed by atoms with Crippen molar-refractivity contribution in [3.05, 3.63) is 0 Å². The molecular weight excluding hydrogens is 256 g/mol. The topological polar surface area (TPSA) is 73.6 Å². The quantitative estimate of drug-likeness (QED) is 0.691. The summed E-state index contributed by atoms with van der Waals surface area (Å²) in [5, 5.41) is 3.48. The molecule has 5 heteroatoms. The van der Waals surface area contributed by atoms with Crippen molar-refractivity contribution in [2.45, 2.75) is 50.1 Å². The van der Waals surface area contributed by atoms with E-state index in [-0.39, 0.29) is 5.91 Å². The number of amides is 1. The molecule has 114 valence electrons. The number of hydrogen-bond donors (Lipinski definition) is 2. The van der Waals surface area contributed by atoms with Crippen LogP contribution in [-0.2, 0) is 14.3 Å². The van der Waals surface area contributed by atoms with Gasteiger partial charge in [0.1, 0.15) is 5.54 Å². The number of primary amides is 1. The molecule has 5 nitrogen and oxygen atoms in total. The molecule has 1 heterocycles. The fraction of sp³-hybridized carbons (Fsp3) is 0.933. The molecule has 1 aliphatic heterocycles. The van der Waals surface area contributed by atoms with Gasteiger partial charge in [-0.1, -0.05) is 0 Å². The van der Waals surface area contributed by atoms with Crippen molar-refractivity contribution in [2.24, 2.45) is 17.6 Å². The van der Waals surface area contributed by atoms with Crippen molar-refractivity contribution in [3.8, 4) is 0 Å². The van der Waals surface area contributed by atoms with Gasteiger partial charge in [0.2, 0.25) is 5.91 Å². The third-order valence-electron chi connectivity index (χ3n) is 4.78. The van der Waals surface area contributed by atoms with Crippen LogP contribution in [0.25, 0.3) is 0 Å². The second-order valence-electron chi connectivity index (χ2n) is 6.60. The monoisotopic (exact) mass is 282 g/mol. The molecule has 2 saturated carbocycles. The van der Waals surface area contributed by atoms with Gasteiger partial charge in [0.15, 0.2) is 0 Å². The van der Waals surface area contributed by atoms with Crippen molar-refractivity contribution < 1.29 is 14.3 Å². The van der Waals surface area contributed by atoms with Crippen LogP contribution in [0.2, 0.25) is 0 Å². The van der Waals surface area contributed by atoms with Gasteiger partial charge in [-0.3, -0.25) is 10.1 Å². The Balaban J connectivity index is 1.53. The molecule has 3 fully saturated rings. The Hall–Kier alpha value is -0.650. The van der Waals surface area contributed by atoms with Crippen LogP contribution in [0.3, 0.4) is 0 Å². The van der Waals surface area contributed by atoms with Crippen LogP contribution in [0.15, 0.2) is 0 Å². The highest BCUT2D eigenvalue weighted by molar-refractivity contribution is 5.86. The summed E-state index contributed by atoms with van der Waals surface area (Å²) in [4.78, 5) is 12.0. The lowest BCUT2D eigenvalue weighted by Crippen LogP contribution is -2.61. The van der Waals surface area contributed by atoms with E-state index in [1.165, 1.54) is 0 Å². The van der Waals surface area contributed by atoms with Crippen LogP contribution in [0.5, 0.6) is 0 Å². The predicted molar refractivity (Wildman–Crippen MR) is 75.2 cm³/mol. The van der Waals surface area contributed by atoms with E-state index in [9.17, 15) is 4.79 Å². The normalized spacial score (nSPS) is 27.2.